The average molecular weight is 267 g/mol. The molecule has 1 amide bonds. The van der Waals surface area contributed by atoms with Crippen molar-refractivity contribution >= 4 is 29.0 Å². The van der Waals surface area contributed by atoms with Gasteiger partial charge < -0.3 is 10.4 Å². The third-order valence-corrected chi connectivity index (χ3v) is 4.43. The highest BCUT2D eigenvalue weighted by molar-refractivity contribution is 7.99. The number of carbonyl (C=O) groups is 1. The van der Waals surface area contributed by atoms with E-state index in [1.807, 2.05) is 11.8 Å². The Kier molecular flexibility index (Phi) is 4.49. The number of hydrogen-bond acceptors (Lipinski definition) is 4. The van der Waals surface area contributed by atoms with Crippen molar-refractivity contribution in [2.45, 2.75) is 12.5 Å². The van der Waals surface area contributed by atoms with Crippen LogP contribution in [-0.2, 0) is 0 Å². The second-order valence-corrected chi connectivity index (χ2v) is 5.75. The average Bonchev–Trinajstić information content (AvgIpc) is 2.96. The van der Waals surface area contributed by atoms with E-state index in [-0.39, 0.29) is 12.5 Å². The minimum atomic E-state index is -0.154. The number of hydrogen-bond donors (Lipinski definition) is 2. The van der Waals surface area contributed by atoms with E-state index in [4.69, 9.17) is 5.11 Å². The summed E-state index contributed by atoms with van der Waals surface area (Å²) in [5.74, 6) is 7.48. The first-order valence-electron chi connectivity index (χ1n) is 5.36. The molecule has 0 spiro atoms. The van der Waals surface area contributed by atoms with Gasteiger partial charge in [-0.1, -0.05) is 11.8 Å². The van der Waals surface area contributed by atoms with Crippen molar-refractivity contribution in [3.63, 3.8) is 0 Å². The molecule has 2 heterocycles. The number of aliphatic hydroxyl groups is 1. The summed E-state index contributed by atoms with van der Waals surface area (Å²) < 4.78 is 0. The van der Waals surface area contributed by atoms with Gasteiger partial charge in [0.25, 0.3) is 5.91 Å². The van der Waals surface area contributed by atoms with E-state index in [1.54, 1.807) is 11.4 Å². The van der Waals surface area contributed by atoms with Crippen LogP contribution in [0.1, 0.15) is 21.7 Å². The molecule has 1 unspecified atom stereocenters. The molecule has 1 fully saturated rings. The van der Waals surface area contributed by atoms with Crippen LogP contribution < -0.4 is 5.32 Å². The largest absolute Gasteiger partial charge is 0.384 e. The molecule has 0 radical (unpaired) electrons. The minimum Gasteiger partial charge on any atom is -0.384 e. The fourth-order valence-electron chi connectivity index (χ4n) is 1.56. The van der Waals surface area contributed by atoms with Crippen LogP contribution in [0.25, 0.3) is 0 Å². The van der Waals surface area contributed by atoms with E-state index in [0.717, 1.165) is 22.8 Å². The second-order valence-electron chi connectivity index (χ2n) is 3.69. The first-order valence-corrected chi connectivity index (χ1v) is 7.40. The molecule has 1 aliphatic rings. The van der Waals surface area contributed by atoms with Gasteiger partial charge in [-0.05, 0) is 18.2 Å². The van der Waals surface area contributed by atoms with Crippen molar-refractivity contribution in [1.29, 1.82) is 0 Å². The van der Waals surface area contributed by atoms with Crippen LogP contribution in [0.15, 0.2) is 11.4 Å². The molecule has 1 aromatic rings. The molecule has 2 rings (SSSR count). The molecule has 1 atom stereocenters. The third-order valence-electron chi connectivity index (χ3n) is 2.42. The van der Waals surface area contributed by atoms with E-state index in [9.17, 15) is 4.79 Å². The quantitative estimate of drug-likeness (QED) is 0.795. The predicted octanol–water partition coefficient (Wildman–Crippen LogP) is 1.33. The molecular formula is C12H13NO2S2. The Morgan fingerprint density at radius 1 is 1.65 bits per heavy atom. The SMILES string of the molecule is O=C(NC1CCSC1)c1csc(C#CCO)c1. The lowest BCUT2D eigenvalue weighted by Gasteiger charge is -2.09. The molecule has 1 aliphatic heterocycles. The maximum absolute atomic E-state index is 11.9. The summed E-state index contributed by atoms with van der Waals surface area (Å²) in [6.45, 7) is -0.154. The highest BCUT2D eigenvalue weighted by Crippen LogP contribution is 2.18. The summed E-state index contributed by atoms with van der Waals surface area (Å²) in [4.78, 5) is 12.7. The Labute approximate surface area is 109 Å². The summed E-state index contributed by atoms with van der Waals surface area (Å²) in [6.07, 6.45) is 1.05. The van der Waals surface area contributed by atoms with E-state index >= 15 is 0 Å². The highest BCUT2D eigenvalue weighted by Gasteiger charge is 2.18. The Balaban J connectivity index is 1.96. The predicted molar refractivity (Wildman–Crippen MR) is 71.5 cm³/mol. The van der Waals surface area contributed by atoms with Gasteiger partial charge in [0.05, 0.1) is 10.4 Å². The Morgan fingerprint density at radius 3 is 3.24 bits per heavy atom. The van der Waals surface area contributed by atoms with Gasteiger partial charge in [0.2, 0.25) is 0 Å². The fraction of sp³-hybridized carbons (Fsp3) is 0.417. The van der Waals surface area contributed by atoms with Crippen LogP contribution in [0.3, 0.4) is 0 Å². The van der Waals surface area contributed by atoms with Crippen LogP contribution in [0.4, 0.5) is 0 Å². The van der Waals surface area contributed by atoms with E-state index in [2.05, 4.69) is 17.2 Å². The minimum absolute atomic E-state index is 0.0224. The molecule has 0 aliphatic carbocycles. The summed E-state index contributed by atoms with van der Waals surface area (Å²) in [5.41, 5.74) is 0.661. The standard InChI is InChI=1S/C12H13NO2S2/c14-4-1-2-11-6-9(7-17-11)12(15)13-10-3-5-16-8-10/h6-7,10,14H,3-5,8H2,(H,13,15). The molecule has 1 saturated heterocycles. The van der Waals surface area contributed by atoms with Gasteiger partial charge in [0.1, 0.15) is 6.61 Å². The number of thioether (sulfide) groups is 1. The maximum atomic E-state index is 11.9. The zero-order valence-corrected chi connectivity index (χ0v) is 10.9. The number of nitrogens with one attached hydrogen (secondary N) is 1. The Morgan fingerprint density at radius 2 is 2.53 bits per heavy atom. The van der Waals surface area contributed by atoms with Gasteiger partial charge >= 0.3 is 0 Å². The summed E-state index contributed by atoms with van der Waals surface area (Å²) in [6, 6.07) is 2.07. The smallest absolute Gasteiger partial charge is 0.252 e. The summed E-state index contributed by atoms with van der Waals surface area (Å²) in [7, 11) is 0. The highest BCUT2D eigenvalue weighted by atomic mass is 32.2. The van der Waals surface area contributed by atoms with Crippen molar-refractivity contribution in [2.75, 3.05) is 18.1 Å². The van der Waals surface area contributed by atoms with Crippen LogP contribution in [0, 0.1) is 11.8 Å². The molecule has 1 aromatic heterocycles. The molecule has 17 heavy (non-hydrogen) atoms. The molecule has 0 bridgehead atoms. The topological polar surface area (TPSA) is 49.3 Å². The van der Waals surface area contributed by atoms with Crippen molar-refractivity contribution in [2.24, 2.45) is 0 Å². The fourth-order valence-corrected chi connectivity index (χ4v) is 3.47. The lowest BCUT2D eigenvalue weighted by Crippen LogP contribution is -2.34. The number of amides is 1. The number of carbonyl (C=O) groups excluding carboxylic acids is 1. The van der Waals surface area contributed by atoms with Gasteiger partial charge in [0.15, 0.2) is 0 Å². The van der Waals surface area contributed by atoms with Crippen LogP contribution in [0.2, 0.25) is 0 Å². The molecule has 2 N–H and O–H groups in total. The normalized spacial score (nSPS) is 18.5. The summed E-state index contributed by atoms with van der Waals surface area (Å²) in [5, 5.41) is 13.4. The van der Waals surface area contributed by atoms with Crippen molar-refractivity contribution < 1.29 is 9.90 Å². The molecule has 5 heteroatoms. The molecule has 0 aromatic carbocycles. The van der Waals surface area contributed by atoms with Crippen molar-refractivity contribution in [1.82, 2.24) is 5.32 Å². The first-order chi connectivity index (χ1) is 8.29. The lowest BCUT2D eigenvalue weighted by atomic mass is 10.2. The van der Waals surface area contributed by atoms with E-state index in [0.29, 0.717) is 11.6 Å². The monoisotopic (exact) mass is 267 g/mol. The third kappa shape index (κ3) is 3.50. The molecular weight excluding hydrogens is 254 g/mol. The van der Waals surface area contributed by atoms with Crippen molar-refractivity contribution in [3.05, 3.63) is 21.9 Å². The van der Waals surface area contributed by atoms with Crippen LogP contribution >= 0.6 is 23.1 Å². The van der Waals surface area contributed by atoms with Gasteiger partial charge in [0, 0.05) is 17.2 Å². The van der Waals surface area contributed by atoms with Gasteiger partial charge in [-0.3, -0.25) is 4.79 Å². The zero-order chi connectivity index (χ0) is 12.1. The molecule has 0 saturated carbocycles. The van der Waals surface area contributed by atoms with Gasteiger partial charge in [-0.15, -0.1) is 11.3 Å². The van der Waals surface area contributed by atoms with Gasteiger partial charge in [-0.2, -0.15) is 11.8 Å². The summed E-state index contributed by atoms with van der Waals surface area (Å²) >= 11 is 3.30. The number of thiophene rings is 1. The van der Waals surface area contributed by atoms with Crippen LogP contribution in [-0.4, -0.2) is 35.2 Å². The van der Waals surface area contributed by atoms with Crippen LogP contribution in [0.5, 0.6) is 0 Å². The van der Waals surface area contributed by atoms with E-state index < -0.39 is 0 Å². The number of rotatable bonds is 2. The maximum Gasteiger partial charge on any atom is 0.252 e. The van der Waals surface area contributed by atoms with Gasteiger partial charge in [-0.25, -0.2) is 0 Å². The second kappa shape index (κ2) is 6.10. The van der Waals surface area contributed by atoms with E-state index in [1.165, 1.54) is 11.3 Å². The molecule has 90 valence electrons. The lowest BCUT2D eigenvalue weighted by molar-refractivity contribution is 0.0941. The zero-order valence-electron chi connectivity index (χ0n) is 9.23. The molecule has 3 nitrogen and oxygen atoms in total. The van der Waals surface area contributed by atoms with Crippen molar-refractivity contribution in [3.8, 4) is 11.8 Å². The Bertz CT molecular complexity index is 453. The Hall–Kier alpha value is -0.960. The first kappa shape index (κ1) is 12.5. The number of aliphatic hydroxyl groups excluding tert-OH is 1.